The summed E-state index contributed by atoms with van der Waals surface area (Å²) in [5, 5.41) is 5.07. The summed E-state index contributed by atoms with van der Waals surface area (Å²) in [4.78, 5) is 4.20. The molecule has 0 amide bonds. The van der Waals surface area contributed by atoms with Crippen LogP contribution in [0.4, 0.5) is 10.1 Å². The third kappa shape index (κ3) is 2.82. The minimum Gasteiger partial charge on any atom is -0.389 e. The predicted octanol–water partition coefficient (Wildman–Crippen LogP) is 2.09. The molecule has 5 heteroatoms. The molecule has 1 aromatic rings. The maximum Gasteiger partial charge on any atom is 0.184 e. The van der Waals surface area contributed by atoms with Crippen LogP contribution in [0.25, 0.3) is 0 Å². The molecule has 0 radical (unpaired) electrons. The Kier molecular flexibility index (Phi) is 2.84. The molecule has 84 valence electrons. The number of nitrogen functional groups attached to an aromatic ring is 1. The number of ether oxygens (including phenoxy) is 1. The molecule has 0 aromatic carbocycles. The average Bonchev–Trinajstić information content (AvgIpc) is 2.49. The van der Waals surface area contributed by atoms with Crippen molar-refractivity contribution < 1.29 is 4.74 Å². The van der Waals surface area contributed by atoms with Gasteiger partial charge in [0, 0.05) is 12.6 Å². The second-order valence-electron chi connectivity index (χ2n) is 4.51. The standard InChI is InChI=1S/C10H17N3OS/c1-10(2)5-7(3-4-14-10)13-9-12-6-8(11)15-9/h6-7H,3-5,11H2,1-2H3,(H,12,13). The molecule has 0 saturated carbocycles. The molecule has 2 rings (SSSR count). The molecule has 1 fully saturated rings. The Balaban J connectivity index is 1.95. The molecule has 15 heavy (non-hydrogen) atoms. The average molecular weight is 227 g/mol. The van der Waals surface area contributed by atoms with E-state index in [-0.39, 0.29) is 5.60 Å². The van der Waals surface area contributed by atoms with Gasteiger partial charge in [0.05, 0.1) is 11.8 Å². The van der Waals surface area contributed by atoms with Gasteiger partial charge in [-0.1, -0.05) is 11.3 Å². The number of hydrogen-bond acceptors (Lipinski definition) is 5. The number of nitrogens with zero attached hydrogens (tertiary/aromatic N) is 1. The first-order chi connectivity index (χ1) is 7.05. The number of nitrogens with one attached hydrogen (secondary N) is 1. The van der Waals surface area contributed by atoms with Crippen LogP contribution in [0, 0.1) is 0 Å². The van der Waals surface area contributed by atoms with Crippen LogP contribution in [-0.2, 0) is 4.74 Å². The van der Waals surface area contributed by atoms with Crippen molar-refractivity contribution >= 4 is 21.5 Å². The fraction of sp³-hybridized carbons (Fsp3) is 0.700. The van der Waals surface area contributed by atoms with E-state index in [1.807, 2.05) is 0 Å². The molecule has 2 heterocycles. The molecule has 1 aliphatic rings. The summed E-state index contributed by atoms with van der Waals surface area (Å²) in [7, 11) is 0. The highest BCUT2D eigenvalue weighted by Gasteiger charge is 2.28. The van der Waals surface area contributed by atoms with Gasteiger partial charge in [0.2, 0.25) is 0 Å². The summed E-state index contributed by atoms with van der Waals surface area (Å²) < 4.78 is 5.66. The van der Waals surface area contributed by atoms with Gasteiger partial charge in [-0.05, 0) is 26.7 Å². The number of thiazole rings is 1. The maximum absolute atomic E-state index is 5.66. The highest BCUT2D eigenvalue weighted by atomic mass is 32.1. The lowest BCUT2D eigenvalue weighted by Crippen LogP contribution is -2.40. The second kappa shape index (κ2) is 3.98. The summed E-state index contributed by atoms with van der Waals surface area (Å²) in [5.74, 6) is 0. The van der Waals surface area contributed by atoms with Crippen LogP contribution < -0.4 is 11.1 Å². The summed E-state index contributed by atoms with van der Waals surface area (Å²) in [6, 6.07) is 0.444. The van der Waals surface area contributed by atoms with Crippen LogP contribution in [0.5, 0.6) is 0 Å². The number of rotatable bonds is 2. The van der Waals surface area contributed by atoms with E-state index in [4.69, 9.17) is 10.5 Å². The summed E-state index contributed by atoms with van der Waals surface area (Å²) in [6.45, 7) is 5.06. The molecule has 0 aliphatic carbocycles. The smallest absolute Gasteiger partial charge is 0.184 e. The largest absolute Gasteiger partial charge is 0.389 e. The molecular weight excluding hydrogens is 210 g/mol. The molecule has 0 bridgehead atoms. The second-order valence-corrected chi connectivity index (χ2v) is 5.57. The van der Waals surface area contributed by atoms with E-state index < -0.39 is 0 Å². The molecule has 1 aromatic heterocycles. The van der Waals surface area contributed by atoms with Crippen molar-refractivity contribution in [2.45, 2.75) is 38.3 Å². The van der Waals surface area contributed by atoms with Crippen molar-refractivity contribution in [3.8, 4) is 0 Å². The molecule has 0 spiro atoms. The zero-order valence-electron chi connectivity index (χ0n) is 9.12. The van der Waals surface area contributed by atoms with Gasteiger partial charge in [-0.25, -0.2) is 4.98 Å². The molecule has 3 N–H and O–H groups in total. The van der Waals surface area contributed by atoms with Gasteiger partial charge >= 0.3 is 0 Å². The third-order valence-electron chi connectivity index (χ3n) is 2.55. The topological polar surface area (TPSA) is 60.2 Å². The van der Waals surface area contributed by atoms with Crippen LogP contribution in [0.1, 0.15) is 26.7 Å². The van der Waals surface area contributed by atoms with Crippen LogP contribution in [0.15, 0.2) is 6.20 Å². The lowest BCUT2D eigenvalue weighted by molar-refractivity contribution is -0.0553. The van der Waals surface area contributed by atoms with Gasteiger partial charge in [-0.2, -0.15) is 0 Å². The van der Waals surface area contributed by atoms with Crippen LogP contribution in [0.3, 0.4) is 0 Å². The van der Waals surface area contributed by atoms with Crippen LogP contribution >= 0.6 is 11.3 Å². The van der Waals surface area contributed by atoms with E-state index >= 15 is 0 Å². The number of aromatic nitrogens is 1. The lowest BCUT2D eigenvalue weighted by Gasteiger charge is -2.35. The van der Waals surface area contributed by atoms with Crippen LogP contribution in [0.2, 0.25) is 0 Å². The van der Waals surface area contributed by atoms with E-state index in [1.165, 1.54) is 11.3 Å². The van der Waals surface area contributed by atoms with Crippen molar-refractivity contribution in [3.63, 3.8) is 0 Å². The first-order valence-corrected chi connectivity index (χ1v) is 5.99. The molecule has 1 atom stereocenters. The third-order valence-corrected chi connectivity index (χ3v) is 3.31. The number of hydrogen-bond donors (Lipinski definition) is 2. The molecular formula is C10H17N3OS. The molecule has 1 aliphatic heterocycles. The fourth-order valence-corrected chi connectivity index (χ4v) is 2.54. The number of anilines is 2. The fourth-order valence-electron chi connectivity index (χ4n) is 1.88. The van der Waals surface area contributed by atoms with E-state index in [1.54, 1.807) is 6.20 Å². The first kappa shape index (κ1) is 10.7. The van der Waals surface area contributed by atoms with E-state index in [0.717, 1.165) is 29.6 Å². The molecule has 4 nitrogen and oxygen atoms in total. The molecule has 1 unspecified atom stereocenters. The van der Waals surface area contributed by atoms with E-state index in [2.05, 4.69) is 24.1 Å². The Morgan fingerprint density at radius 3 is 3.07 bits per heavy atom. The minimum atomic E-state index is -0.0290. The normalized spacial score (nSPS) is 25.1. The maximum atomic E-state index is 5.66. The summed E-state index contributed by atoms with van der Waals surface area (Å²) >= 11 is 1.50. The van der Waals surface area contributed by atoms with Crippen molar-refractivity contribution in [2.75, 3.05) is 17.7 Å². The molecule has 1 saturated heterocycles. The highest BCUT2D eigenvalue weighted by molar-refractivity contribution is 7.19. The Hall–Kier alpha value is -0.810. The minimum absolute atomic E-state index is 0.0290. The van der Waals surface area contributed by atoms with Crippen molar-refractivity contribution in [2.24, 2.45) is 0 Å². The zero-order chi connectivity index (χ0) is 10.9. The van der Waals surface area contributed by atoms with Gasteiger partial charge in [-0.15, -0.1) is 0 Å². The van der Waals surface area contributed by atoms with Gasteiger partial charge in [0.25, 0.3) is 0 Å². The Morgan fingerprint density at radius 2 is 2.47 bits per heavy atom. The Morgan fingerprint density at radius 1 is 1.67 bits per heavy atom. The first-order valence-electron chi connectivity index (χ1n) is 5.17. The van der Waals surface area contributed by atoms with Crippen molar-refractivity contribution in [3.05, 3.63) is 6.20 Å². The Bertz CT molecular complexity index is 337. The van der Waals surface area contributed by atoms with E-state index in [0.29, 0.717) is 6.04 Å². The van der Waals surface area contributed by atoms with Gasteiger partial charge in [0.1, 0.15) is 5.00 Å². The zero-order valence-corrected chi connectivity index (χ0v) is 9.93. The van der Waals surface area contributed by atoms with Crippen LogP contribution in [-0.4, -0.2) is 23.2 Å². The van der Waals surface area contributed by atoms with Gasteiger partial charge in [0.15, 0.2) is 5.13 Å². The predicted molar refractivity (Wildman–Crippen MR) is 63.2 cm³/mol. The van der Waals surface area contributed by atoms with Crippen molar-refractivity contribution in [1.29, 1.82) is 0 Å². The summed E-state index contributed by atoms with van der Waals surface area (Å²) in [6.07, 6.45) is 3.73. The highest BCUT2D eigenvalue weighted by Crippen LogP contribution is 2.28. The van der Waals surface area contributed by atoms with Crippen molar-refractivity contribution in [1.82, 2.24) is 4.98 Å². The summed E-state index contributed by atoms with van der Waals surface area (Å²) in [5.41, 5.74) is 5.60. The number of nitrogens with two attached hydrogens (primary N) is 1. The monoisotopic (exact) mass is 227 g/mol. The quantitative estimate of drug-likeness (QED) is 0.812. The van der Waals surface area contributed by atoms with Gasteiger partial charge < -0.3 is 15.8 Å². The lowest BCUT2D eigenvalue weighted by atomic mass is 9.94. The van der Waals surface area contributed by atoms with E-state index in [9.17, 15) is 0 Å². The Labute approximate surface area is 93.8 Å². The van der Waals surface area contributed by atoms with Gasteiger partial charge in [-0.3, -0.25) is 0 Å². The SMILES string of the molecule is CC1(C)CC(Nc2ncc(N)s2)CCO1.